The fourth-order valence-electron chi connectivity index (χ4n) is 4.28. The molecule has 3 aromatic rings. The number of H-pyrrole nitrogens is 1. The molecule has 0 amide bonds. The van der Waals surface area contributed by atoms with Gasteiger partial charge in [0.2, 0.25) is 11.4 Å². The lowest BCUT2D eigenvalue weighted by Crippen LogP contribution is -2.59. The summed E-state index contributed by atoms with van der Waals surface area (Å²) in [6.45, 7) is 0.340. The van der Waals surface area contributed by atoms with E-state index in [4.69, 9.17) is 26.8 Å². The van der Waals surface area contributed by atoms with Gasteiger partial charge in [-0.1, -0.05) is 23.7 Å². The van der Waals surface area contributed by atoms with Crippen molar-refractivity contribution in [3.63, 3.8) is 0 Å². The Hall–Kier alpha value is -2.27. The molecule has 5 rings (SSSR count). The highest BCUT2D eigenvalue weighted by Gasteiger charge is 2.57. The van der Waals surface area contributed by atoms with Crippen molar-refractivity contribution >= 4 is 49.8 Å². The number of hydrogen-bond acceptors (Lipinski definition) is 7. The number of nitrogens with two attached hydrogens (primary N) is 1. The molecule has 0 bridgehead atoms. The first-order chi connectivity index (χ1) is 14.8. The summed E-state index contributed by atoms with van der Waals surface area (Å²) in [5.41, 5.74) is 5.42. The molecule has 8 nitrogen and oxygen atoms in total. The van der Waals surface area contributed by atoms with Crippen LogP contribution in [0.4, 0.5) is 0 Å². The van der Waals surface area contributed by atoms with Crippen LogP contribution in [0.3, 0.4) is 0 Å². The quantitative estimate of drug-likeness (QED) is 0.596. The zero-order valence-corrected chi connectivity index (χ0v) is 19.3. The number of guanidine groups is 1. The second-order valence-electron chi connectivity index (χ2n) is 7.61. The summed E-state index contributed by atoms with van der Waals surface area (Å²) in [5, 5.41) is 1.44. The first-order valence-corrected chi connectivity index (χ1v) is 12.4. The van der Waals surface area contributed by atoms with Crippen molar-refractivity contribution in [1.29, 1.82) is 0 Å². The lowest BCUT2D eigenvalue weighted by atomic mass is 9.91. The van der Waals surface area contributed by atoms with Crippen LogP contribution in [0.15, 0.2) is 35.3 Å². The van der Waals surface area contributed by atoms with Crippen molar-refractivity contribution in [2.45, 2.75) is 23.8 Å². The average molecular weight is 481 g/mol. The van der Waals surface area contributed by atoms with E-state index in [1.165, 1.54) is 18.4 Å². The second kappa shape index (κ2) is 7.13. The molecule has 11 heteroatoms. The van der Waals surface area contributed by atoms with E-state index < -0.39 is 21.0 Å². The summed E-state index contributed by atoms with van der Waals surface area (Å²) < 4.78 is 38.4. The van der Waals surface area contributed by atoms with Gasteiger partial charge in [-0.3, -0.25) is 0 Å². The molecule has 0 spiro atoms. The number of hydrogen-bond donors (Lipinski definition) is 2. The lowest BCUT2D eigenvalue weighted by molar-refractivity contribution is 0.00334. The third kappa shape index (κ3) is 2.96. The van der Waals surface area contributed by atoms with Gasteiger partial charge in [-0.2, -0.15) is 0 Å². The van der Waals surface area contributed by atoms with E-state index in [-0.39, 0.29) is 5.96 Å². The molecule has 1 aromatic carbocycles. The van der Waals surface area contributed by atoms with Crippen LogP contribution < -0.4 is 10.5 Å². The van der Waals surface area contributed by atoms with Crippen LogP contribution in [0.5, 0.6) is 5.75 Å². The van der Waals surface area contributed by atoms with Gasteiger partial charge in [0.15, 0.2) is 0 Å². The second-order valence-corrected chi connectivity index (χ2v) is 11.1. The van der Waals surface area contributed by atoms with Gasteiger partial charge in [0.1, 0.15) is 11.3 Å². The summed E-state index contributed by atoms with van der Waals surface area (Å²) in [4.78, 5) is 9.52. The van der Waals surface area contributed by atoms with Gasteiger partial charge in [0.05, 0.1) is 33.1 Å². The van der Waals surface area contributed by atoms with E-state index in [0.29, 0.717) is 29.3 Å². The van der Waals surface area contributed by atoms with Crippen molar-refractivity contribution in [3.8, 4) is 16.3 Å². The van der Waals surface area contributed by atoms with E-state index in [1.54, 1.807) is 7.11 Å². The lowest BCUT2D eigenvalue weighted by Gasteiger charge is -2.44. The van der Waals surface area contributed by atoms with Gasteiger partial charge >= 0.3 is 0 Å². The Balaban J connectivity index is 1.67. The third-order valence-corrected chi connectivity index (χ3v) is 9.60. The SMILES string of the molecule is COc1cccc2cc(-c3cc(Cl)c(C45CCCOC4S(=O)(=O)N(C)C(N)=N5)s3)[nH]c12. The molecule has 164 valence electrons. The third-order valence-electron chi connectivity index (χ3n) is 5.83. The van der Waals surface area contributed by atoms with E-state index in [2.05, 4.69) is 9.98 Å². The van der Waals surface area contributed by atoms with Crippen LogP contribution in [0, 0.1) is 0 Å². The normalized spacial score (nSPS) is 25.3. The monoisotopic (exact) mass is 480 g/mol. The van der Waals surface area contributed by atoms with E-state index >= 15 is 0 Å². The molecule has 0 radical (unpaired) electrons. The van der Waals surface area contributed by atoms with Crippen molar-refractivity contribution in [2.24, 2.45) is 10.7 Å². The highest BCUT2D eigenvalue weighted by molar-refractivity contribution is 7.90. The molecular weight excluding hydrogens is 460 g/mol. The molecule has 3 N–H and O–H groups in total. The summed E-state index contributed by atoms with van der Waals surface area (Å²) in [6.07, 6.45) is 1.13. The number of nitrogens with zero attached hydrogens (tertiary/aromatic N) is 2. The van der Waals surface area contributed by atoms with Gasteiger partial charge in [0.25, 0.3) is 10.0 Å². The predicted molar refractivity (Wildman–Crippen MR) is 122 cm³/mol. The standard InChI is InChI=1S/C20H21ClN4O4S2/c1-25-19(22)24-20(7-4-8-29-18(20)31(25,26)27)17-12(21)10-15(30-17)13-9-11-5-3-6-14(28-2)16(11)23-13/h3,5-6,9-10,18,23H,4,7-8H2,1-2H3,(H2,22,24). The number of methoxy groups -OCH3 is 1. The van der Waals surface area contributed by atoms with Crippen LogP contribution in [0.25, 0.3) is 21.5 Å². The summed E-state index contributed by atoms with van der Waals surface area (Å²) in [6, 6.07) is 9.65. The molecule has 0 saturated carbocycles. The number of para-hydroxylation sites is 1. The van der Waals surface area contributed by atoms with Crippen molar-refractivity contribution < 1.29 is 17.9 Å². The topological polar surface area (TPSA) is 110 Å². The Labute approximate surface area is 188 Å². The first-order valence-electron chi connectivity index (χ1n) is 9.68. The minimum atomic E-state index is -3.84. The Morgan fingerprint density at radius 2 is 2.23 bits per heavy atom. The predicted octanol–water partition coefficient (Wildman–Crippen LogP) is 3.48. The van der Waals surface area contributed by atoms with Gasteiger partial charge in [0, 0.05) is 19.0 Å². The van der Waals surface area contributed by atoms with Gasteiger partial charge in [-0.05, 0) is 31.0 Å². The number of aromatic amines is 1. The Kier molecular flexibility index (Phi) is 4.74. The number of ether oxygens (including phenoxy) is 2. The number of fused-ring (bicyclic) bond motifs is 2. The zero-order valence-electron chi connectivity index (χ0n) is 16.9. The van der Waals surface area contributed by atoms with Gasteiger partial charge < -0.3 is 20.2 Å². The van der Waals surface area contributed by atoms with E-state index in [0.717, 1.165) is 31.5 Å². The van der Waals surface area contributed by atoms with Gasteiger partial charge in [-0.15, -0.1) is 11.3 Å². The average Bonchev–Trinajstić information content (AvgIpc) is 3.36. The van der Waals surface area contributed by atoms with Crippen molar-refractivity contribution in [1.82, 2.24) is 9.29 Å². The Morgan fingerprint density at radius 1 is 1.42 bits per heavy atom. The maximum absolute atomic E-state index is 13.1. The van der Waals surface area contributed by atoms with E-state index in [1.807, 2.05) is 30.3 Å². The molecule has 31 heavy (non-hydrogen) atoms. The number of rotatable bonds is 3. The summed E-state index contributed by atoms with van der Waals surface area (Å²) >= 11 is 8.07. The number of sulfonamides is 1. The minimum absolute atomic E-state index is 0.0666. The van der Waals surface area contributed by atoms with Gasteiger partial charge in [-0.25, -0.2) is 17.7 Å². The number of thiophene rings is 1. The van der Waals surface area contributed by atoms with E-state index in [9.17, 15) is 8.42 Å². The minimum Gasteiger partial charge on any atom is -0.495 e. The number of halogens is 1. The fourth-order valence-corrected chi connectivity index (χ4v) is 7.65. The zero-order chi connectivity index (χ0) is 22.0. The Morgan fingerprint density at radius 3 is 3.00 bits per heavy atom. The number of benzene rings is 1. The number of aromatic nitrogens is 1. The molecule has 2 atom stereocenters. The van der Waals surface area contributed by atoms with Crippen LogP contribution in [0.2, 0.25) is 5.02 Å². The molecule has 1 saturated heterocycles. The maximum atomic E-state index is 13.1. The molecule has 2 aromatic heterocycles. The highest BCUT2D eigenvalue weighted by atomic mass is 35.5. The molecule has 1 fully saturated rings. The van der Waals surface area contributed by atoms with Crippen molar-refractivity contribution in [2.75, 3.05) is 20.8 Å². The molecule has 4 heterocycles. The smallest absolute Gasteiger partial charge is 0.267 e. The van der Waals surface area contributed by atoms with Crippen LogP contribution in [0.1, 0.15) is 17.7 Å². The highest BCUT2D eigenvalue weighted by Crippen LogP contribution is 2.51. The largest absolute Gasteiger partial charge is 0.495 e. The van der Waals surface area contributed by atoms with Crippen molar-refractivity contribution in [3.05, 3.63) is 40.2 Å². The summed E-state index contributed by atoms with van der Waals surface area (Å²) in [7, 11) is -0.831. The number of aliphatic imine (C=N–C) groups is 1. The Bertz CT molecular complexity index is 1320. The van der Waals surface area contributed by atoms with Crippen LogP contribution in [-0.2, 0) is 20.3 Å². The van der Waals surface area contributed by atoms with Crippen LogP contribution in [-0.4, -0.2) is 49.9 Å². The molecule has 0 aliphatic carbocycles. The molecule has 2 aliphatic heterocycles. The number of nitrogens with one attached hydrogen (secondary N) is 1. The first kappa shape index (κ1) is 20.6. The molecule has 2 aliphatic rings. The molecular formula is C20H21ClN4O4S2. The fraction of sp³-hybridized carbons (Fsp3) is 0.350. The summed E-state index contributed by atoms with van der Waals surface area (Å²) in [5.74, 6) is 0.674. The molecule has 2 unspecified atom stereocenters. The van der Waals surface area contributed by atoms with Crippen LogP contribution >= 0.6 is 22.9 Å². The maximum Gasteiger partial charge on any atom is 0.267 e.